The molecule has 0 atom stereocenters. The number of fused-ring (bicyclic) bond motifs is 1. The molecule has 0 bridgehead atoms. The van der Waals surface area contributed by atoms with Crippen LogP contribution < -0.4 is 11.1 Å². The van der Waals surface area contributed by atoms with E-state index >= 15 is 0 Å². The van der Waals surface area contributed by atoms with E-state index in [-0.39, 0.29) is 0 Å². The minimum absolute atomic E-state index is 0.493. The Bertz CT molecular complexity index is 985. The molecule has 0 radical (unpaired) electrons. The molecule has 0 amide bonds. The van der Waals surface area contributed by atoms with Gasteiger partial charge in [0, 0.05) is 34.3 Å². The van der Waals surface area contributed by atoms with Crippen molar-refractivity contribution in [2.45, 2.75) is 0 Å². The lowest BCUT2D eigenvalue weighted by molar-refractivity contribution is 0.960. The number of nitrogens with two attached hydrogens (primary N) is 1. The first-order chi connectivity index (χ1) is 12.2. The highest BCUT2D eigenvalue weighted by molar-refractivity contribution is 6.31. The van der Waals surface area contributed by atoms with Crippen LogP contribution in [0.4, 0.5) is 5.82 Å². The number of nitrogen functional groups attached to an aromatic ring is 1. The third-order valence-electron chi connectivity index (χ3n) is 4.22. The van der Waals surface area contributed by atoms with Gasteiger partial charge in [-0.3, -0.25) is 4.99 Å². The van der Waals surface area contributed by atoms with Crippen molar-refractivity contribution in [2.24, 2.45) is 4.99 Å². The highest BCUT2D eigenvalue weighted by Crippen LogP contribution is 2.27. The van der Waals surface area contributed by atoms with Crippen molar-refractivity contribution in [3.05, 3.63) is 70.4 Å². The number of anilines is 1. The maximum atomic E-state index is 6.14. The van der Waals surface area contributed by atoms with Gasteiger partial charge in [0.05, 0.1) is 6.54 Å². The van der Waals surface area contributed by atoms with Crippen LogP contribution in [0.25, 0.3) is 22.9 Å². The fourth-order valence-electron chi connectivity index (χ4n) is 2.92. The molecule has 3 aromatic rings. The molecule has 5 heteroatoms. The smallest absolute Gasteiger partial charge is 0.131 e. The molecule has 1 aromatic heterocycles. The van der Waals surface area contributed by atoms with Gasteiger partial charge in [-0.15, -0.1) is 0 Å². The minimum atomic E-state index is 0.493. The Morgan fingerprint density at radius 3 is 2.68 bits per heavy atom. The molecular formula is C20H17ClN4. The molecule has 124 valence electrons. The SMILES string of the molecule is Nc1ncc2ccc(Cl)cc2c1C=Cc1ccc(C2=NCCN2)cc1. The lowest BCUT2D eigenvalue weighted by Crippen LogP contribution is -2.19. The first kappa shape index (κ1) is 15.7. The molecule has 25 heavy (non-hydrogen) atoms. The molecule has 2 heterocycles. The zero-order valence-corrected chi connectivity index (χ0v) is 14.3. The molecule has 0 fully saturated rings. The predicted octanol–water partition coefficient (Wildman–Crippen LogP) is 3.99. The van der Waals surface area contributed by atoms with Crippen molar-refractivity contribution in [1.29, 1.82) is 0 Å². The summed E-state index contributed by atoms with van der Waals surface area (Å²) in [5.41, 5.74) is 9.15. The van der Waals surface area contributed by atoms with Gasteiger partial charge in [-0.1, -0.05) is 54.1 Å². The Labute approximate surface area is 151 Å². The number of nitrogens with zero attached hydrogens (tertiary/aromatic N) is 2. The number of amidine groups is 1. The highest BCUT2D eigenvalue weighted by Gasteiger charge is 2.07. The summed E-state index contributed by atoms with van der Waals surface area (Å²) in [6.45, 7) is 1.75. The molecule has 4 rings (SSSR count). The average Bonchev–Trinajstić information content (AvgIpc) is 3.16. The summed E-state index contributed by atoms with van der Waals surface area (Å²) >= 11 is 6.14. The third-order valence-corrected chi connectivity index (χ3v) is 4.46. The number of hydrogen-bond acceptors (Lipinski definition) is 4. The van der Waals surface area contributed by atoms with Gasteiger partial charge in [0.15, 0.2) is 0 Å². The van der Waals surface area contributed by atoms with Crippen molar-refractivity contribution in [1.82, 2.24) is 10.3 Å². The van der Waals surface area contributed by atoms with Gasteiger partial charge in [0.25, 0.3) is 0 Å². The van der Waals surface area contributed by atoms with Crippen LogP contribution in [0.3, 0.4) is 0 Å². The van der Waals surface area contributed by atoms with E-state index in [1.807, 2.05) is 30.4 Å². The van der Waals surface area contributed by atoms with E-state index in [0.717, 1.165) is 46.4 Å². The number of hydrogen-bond donors (Lipinski definition) is 2. The molecule has 0 unspecified atom stereocenters. The Morgan fingerprint density at radius 2 is 1.92 bits per heavy atom. The lowest BCUT2D eigenvalue weighted by Gasteiger charge is -2.06. The van der Waals surface area contributed by atoms with Crippen LogP contribution in [0.5, 0.6) is 0 Å². The number of pyridine rings is 1. The van der Waals surface area contributed by atoms with Gasteiger partial charge < -0.3 is 11.1 Å². The number of rotatable bonds is 3. The second-order valence-electron chi connectivity index (χ2n) is 5.90. The van der Waals surface area contributed by atoms with Crippen molar-refractivity contribution in [3.63, 3.8) is 0 Å². The van der Waals surface area contributed by atoms with Crippen LogP contribution in [0, 0.1) is 0 Å². The first-order valence-electron chi connectivity index (χ1n) is 8.11. The maximum Gasteiger partial charge on any atom is 0.131 e. The predicted molar refractivity (Wildman–Crippen MR) is 106 cm³/mol. The quantitative estimate of drug-likeness (QED) is 0.752. The average molecular weight is 349 g/mol. The van der Waals surface area contributed by atoms with Crippen molar-refractivity contribution >= 4 is 46.2 Å². The fraction of sp³-hybridized carbons (Fsp3) is 0.100. The molecule has 0 saturated carbocycles. The zero-order valence-electron chi connectivity index (χ0n) is 13.5. The van der Waals surface area contributed by atoms with Crippen molar-refractivity contribution in [2.75, 3.05) is 18.8 Å². The number of aliphatic imine (C=N–C) groups is 1. The van der Waals surface area contributed by atoms with Crippen LogP contribution in [0.1, 0.15) is 16.7 Å². The number of halogens is 1. The topological polar surface area (TPSA) is 63.3 Å². The van der Waals surface area contributed by atoms with Gasteiger partial charge in [0.1, 0.15) is 11.7 Å². The summed E-state index contributed by atoms with van der Waals surface area (Å²) in [4.78, 5) is 8.71. The van der Waals surface area contributed by atoms with Gasteiger partial charge in [-0.05, 0) is 23.1 Å². The number of nitrogens with one attached hydrogen (secondary N) is 1. The molecule has 2 aromatic carbocycles. The first-order valence-corrected chi connectivity index (χ1v) is 8.49. The van der Waals surface area contributed by atoms with E-state index < -0.39 is 0 Å². The zero-order chi connectivity index (χ0) is 17.2. The van der Waals surface area contributed by atoms with E-state index in [9.17, 15) is 0 Å². The van der Waals surface area contributed by atoms with E-state index in [1.165, 1.54) is 0 Å². The van der Waals surface area contributed by atoms with Crippen LogP contribution >= 0.6 is 11.6 Å². The van der Waals surface area contributed by atoms with E-state index in [4.69, 9.17) is 17.3 Å². The molecule has 3 N–H and O–H groups in total. The van der Waals surface area contributed by atoms with E-state index in [0.29, 0.717) is 10.8 Å². The van der Waals surface area contributed by atoms with Crippen molar-refractivity contribution < 1.29 is 0 Å². The molecular weight excluding hydrogens is 332 g/mol. The summed E-state index contributed by atoms with van der Waals surface area (Å²) in [5.74, 6) is 1.46. The summed E-state index contributed by atoms with van der Waals surface area (Å²) in [6.07, 6.45) is 5.78. The number of benzene rings is 2. The Morgan fingerprint density at radius 1 is 1.08 bits per heavy atom. The maximum absolute atomic E-state index is 6.14. The van der Waals surface area contributed by atoms with E-state index in [1.54, 1.807) is 6.20 Å². The summed E-state index contributed by atoms with van der Waals surface area (Å²) in [7, 11) is 0. The van der Waals surface area contributed by atoms with Gasteiger partial charge in [-0.25, -0.2) is 4.98 Å². The van der Waals surface area contributed by atoms with Crippen LogP contribution in [-0.4, -0.2) is 23.9 Å². The third kappa shape index (κ3) is 3.21. The second-order valence-corrected chi connectivity index (χ2v) is 6.34. The highest BCUT2D eigenvalue weighted by atomic mass is 35.5. The van der Waals surface area contributed by atoms with Gasteiger partial charge in [-0.2, -0.15) is 0 Å². The summed E-state index contributed by atoms with van der Waals surface area (Å²) in [5, 5.41) is 5.97. The summed E-state index contributed by atoms with van der Waals surface area (Å²) < 4.78 is 0. The molecule has 1 aliphatic rings. The van der Waals surface area contributed by atoms with E-state index in [2.05, 4.69) is 39.6 Å². The largest absolute Gasteiger partial charge is 0.383 e. The Balaban J connectivity index is 1.66. The lowest BCUT2D eigenvalue weighted by atomic mass is 10.0. The second kappa shape index (κ2) is 6.57. The fourth-order valence-corrected chi connectivity index (χ4v) is 3.09. The van der Waals surface area contributed by atoms with Crippen LogP contribution in [-0.2, 0) is 0 Å². The van der Waals surface area contributed by atoms with Crippen LogP contribution in [0.2, 0.25) is 5.02 Å². The molecule has 0 aliphatic carbocycles. The van der Waals surface area contributed by atoms with Crippen molar-refractivity contribution in [3.8, 4) is 0 Å². The number of aromatic nitrogens is 1. The van der Waals surface area contributed by atoms with Crippen LogP contribution in [0.15, 0.2) is 53.7 Å². The molecule has 0 spiro atoms. The Hall–Kier alpha value is -2.85. The van der Waals surface area contributed by atoms with Gasteiger partial charge >= 0.3 is 0 Å². The monoisotopic (exact) mass is 348 g/mol. The minimum Gasteiger partial charge on any atom is -0.383 e. The normalized spacial score (nSPS) is 14.0. The van der Waals surface area contributed by atoms with Gasteiger partial charge in [0.2, 0.25) is 0 Å². The standard InChI is InChI=1S/C20H17ClN4/c21-16-7-6-15-12-25-19(22)17(18(15)11-16)8-3-13-1-4-14(5-2-13)20-23-9-10-24-20/h1-8,11-12H,9-10H2,(H2,22,25)(H,23,24). The Kier molecular flexibility index (Phi) is 4.12. The molecule has 1 aliphatic heterocycles. The molecule has 0 saturated heterocycles. The molecule has 4 nitrogen and oxygen atoms in total. The summed E-state index contributed by atoms with van der Waals surface area (Å²) in [6, 6.07) is 14.0.